The number of nitrogens with one attached hydrogen (secondary N) is 3. The summed E-state index contributed by atoms with van der Waals surface area (Å²) in [6.07, 6.45) is -0.731. The number of benzene rings is 3. The second kappa shape index (κ2) is 10.5. The number of hydrogen-bond acceptors (Lipinski definition) is 5. The van der Waals surface area contributed by atoms with E-state index in [1.807, 2.05) is 48.5 Å². The molecule has 0 atom stereocenters. The van der Waals surface area contributed by atoms with E-state index < -0.39 is 23.9 Å². The number of carbonyl (C=O) groups excluding carboxylic acids is 3. The molecule has 1 aliphatic rings. The fraction of sp³-hybridized carbons (Fsp3) is 0.154. The van der Waals surface area contributed by atoms with Crippen molar-refractivity contribution in [2.24, 2.45) is 0 Å². The minimum absolute atomic E-state index is 0.0877. The van der Waals surface area contributed by atoms with E-state index in [1.54, 1.807) is 0 Å². The molecule has 3 aromatic carbocycles. The van der Waals surface area contributed by atoms with Crippen molar-refractivity contribution in [3.63, 3.8) is 0 Å². The summed E-state index contributed by atoms with van der Waals surface area (Å²) < 4.78 is 5.37. The molecule has 3 amide bonds. The third-order valence-electron chi connectivity index (χ3n) is 5.60. The second-order valence-electron chi connectivity index (χ2n) is 7.89. The Bertz CT molecular complexity index is 1230. The lowest BCUT2D eigenvalue weighted by Crippen LogP contribution is -2.40. The number of alkyl carbamates (subject to hydrolysis) is 1. The summed E-state index contributed by atoms with van der Waals surface area (Å²) in [5.41, 5.74) is 4.90. The van der Waals surface area contributed by atoms with E-state index in [4.69, 9.17) is 9.84 Å². The summed E-state index contributed by atoms with van der Waals surface area (Å²) in [5.74, 6) is -2.22. The highest BCUT2D eigenvalue weighted by molar-refractivity contribution is 5.95. The lowest BCUT2D eigenvalue weighted by Gasteiger charge is -2.14. The summed E-state index contributed by atoms with van der Waals surface area (Å²) in [6.45, 7) is -0.534. The molecular formula is C26H23N3O6. The lowest BCUT2D eigenvalue weighted by atomic mass is 9.98. The van der Waals surface area contributed by atoms with E-state index in [0.717, 1.165) is 22.3 Å². The third-order valence-corrected chi connectivity index (χ3v) is 5.60. The van der Waals surface area contributed by atoms with E-state index in [1.165, 1.54) is 24.3 Å². The first-order valence-electron chi connectivity index (χ1n) is 10.9. The number of aromatic carboxylic acids is 1. The Morgan fingerprint density at radius 1 is 0.743 bits per heavy atom. The minimum atomic E-state index is -1.07. The number of amides is 3. The minimum Gasteiger partial charge on any atom is -0.478 e. The van der Waals surface area contributed by atoms with Crippen LogP contribution >= 0.6 is 0 Å². The van der Waals surface area contributed by atoms with Gasteiger partial charge in [0.15, 0.2) is 0 Å². The number of fused-ring (bicyclic) bond motifs is 3. The van der Waals surface area contributed by atoms with Crippen molar-refractivity contribution >= 4 is 29.6 Å². The molecule has 0 unspecified atom stereocenters. The number of rotatable bonds is 8. The van der Waals surface area contributed by atoms with Crippen LogP contribution in [0.1, 0.15) is 27.4 Å². The van der Waals surface area contributed by atoms with Crippen LogP contribution in [0.5, 0.6) is 0 Å². The van der Waals surface area contributed by atoms with Gasteiger partial charge in [0.2, 0.25) is 11.8 Å². The van der Waals surface area contributed by atoms with Crippen LogP contribution in [0.2, 0.25) is 0 Å². The van der Waals surface area contributed by atoms with E-state index in [2.05, 4.69) is 16.0 Å². The average molecular weight is 473 g/mol. The molecule has 0 heterocycles. The SMILES string of the molecule is O=C(CNC(=O)OCC1c2ccccc2-c2ccccc21)NCC(=O)Nc1ccc(C(=O)O)cc1. The first kappa shape index (κ1) is 23.5. The first-order chi connectivity index (χ1) is 16.9. The summed E-state index contributed by atoms with van der Waals surface area (Å²) in [7, 11) is 0. The van der Waals surface area contributed by atoms with E-state index in [9.17, 15) is 19.2 Å². The third kappa shape index (κ3) is 5.64. The molecular weight excluding hydrogens is 450 g/mol. The summed E-state index contributed by atoms with van der Waals surface area (Å²) in [4.78, 5) is 47.0. The van der Waals surface area contributed by atoms with Crippen LogP contribution in [0.25, 0.3) is 11.1 Å². The van der Waals surface area contributed by atoms with Crippen molar-refractivity contribution in [2.45, 2.75) is 5.92 Å². The molecule has 1 aliphatic carbocycles. The van der Waals surface area contributed by atoms with Crippen LogP contribution in [-0.4, -0.2) is 48.7 Å². The van der Waals surface area contributed by atoms with Gasteiger partial charge in [0.1, 0.15) is 13.2 Å². The van der Waals surface area contributed by atoms with Crippen molar-refractivity contribution in [1.82, 2.24) is 10.6 Å². The number of anilines is 1. The Morgan fingerprint density at radius 3 is 1.91 bits per heavy atom. The molecule has 0 aliphatic heterocycles. The topological polar surface area (TPSA) is 134 Å². The largest absolute Gasteiger partial charge is 0.478 e. The van der Waals surface area contributed by atoms with Gasteiger partial charge in [-0.1, -0.05) is 48.5 Å². The highest BCUT2D eigenvalue weighted by atomic mass is 16.5. The second-order valence-corrected chi connectivity index (χ2v) is 7.89. The number of carbonyl (C=O) groups is 4. The molecule has 3 aromatic rings. The quantitative estimate of drug-likeness (QED) is 0.397. The number of ether oxygens (including phenoxy) is 1. The van der Waals surface area contributed by atoms with Gasteiger partial charge in [0.05, 0.1) is 12.1 Å². The summed E-state index contributed by atoms with van der Waals surface area (Å²) in [5, 5.41) is 16.2. The van der Waals surface area contributed by atoms with Crippen molar-refractivity contribution in [3.8, 4) is 11.1 Å². The maximum absolute atomic E-state index is 12.1. The van der Waals surface area contributed by atoms with Crippen LogP contribution in [-0.2, 0) is 14.3 Å². The van der Waals surface area contributed by atoms with Gasteiger partial charge in [-0.2, -0.15) is 0 Å². The highest BCUT2D eigenvalue weighted by Crippen LogP contribution is 2.44. The Balaban J connectivity index is 1.20. The Labute approximate surface area is 201 Å². The molecule has 0 fully saturated rings. The average Bonchev–Trinajstić information content (AvgIpc) is 3.19. The highest BCUT2D eigenvalue weighted by Gasteiger charge is 2.29. The Kier molecular flexibility index (Phi) is 7.06. The fourth-order valence-electron chi connectivity index (χ4n) is 3.94. The van der Waals surface area contributed by atoms with Crippen molar-refractivity contribution in [3.05, 3.63) is 89.5 Å². The van der Waals surface area contributed by atoms with Gasteiger partial charge < -0.3 is 25.8 Å². The molecule has 0 aromatic heterocycles. The Hall–Kier alpha value is -4.66. The molecule has 0 spiro atoms. The van der Waals surface area contributed by atoms with Crippen molar-refractivity contribution in [1.29, 1.82) is 0 Å². The van der Waals surface area contributed by atoms with Crippen LogP contribution in [0.15, 0.2) is 72.8 Å². The van der Waals surface area contributed by atoms with Crippen LogP contribution in [0.4, 0.5) is 10.5 Å². The van der Waals surface area contributed by atoms with Crippen molar-refractivity contribution in [2.75, 3.05) is 25.0 Å². The zero-order chi connectivity index (χ0) is 24.8. The molecule has 9 nitrogen and oxygen atoms in total. The normalized spacial score (nSPS) is 11.7. The molecule has 0 saturated carbocycles. The van der Waals surface area contributed by atoms with Gasteiger partial charge >= 0.3 is 12.1 Å². The van der Waals surface area contributed by atoms with Gasteiger partial charge in [-0.25, -0.2) is 9.59 Å². The maximum atomic E-state index is 12.1. The number of carboxylic acid groups (broad SMARTS) is 1. The maximum Gasteiger partial charge on any atom is 0.407 e. The van der Waals surface area contributed by atoms with Crippen LogP contribution < -0.4 is 16.0 Å². The monoisotopic (exact) mass is 473 g/mol. The molecule has 4 rings (SSSR count). The molecule has 35 heavy (non-hydrogen) atoms. The first-order valence-corrected chi connectivity index (χ1v) is 10.9. The molecule has 4 N–H and O–H groups in total. The summed E-state index contributed by atoms with van der Waals surface area (Å²) >= 11 is 0. The lowest BCUT2D eigenvalue weighted by molar-refractivity contribution is -0.123. The molecule has 0 radical (unpaired) electrons. The Morgan fingerprint density at radius 2 is 1.31 bits per heavy atom. The van der Waals surface area contributed by atoms with Gasteiger partial charge in [-0.3, -0.25) is 9.59 Å². The smallest absolute Gasteiger partial charge is 0.407 e. The van der Waals surface area contributed by atoms with Gasteiger partial charge in [-0.15, -0.1) is 0 Å². The van der Waals surface area contributed by atoms with Crippen LogP contribution in [0, 0.1) is 0 Å². The van der Waals surface area contributed by atoms with Crippen LogP contribution in [0.3, 0.4) is 0 Å². The molecule has 0 saturated heterocycles. The van der Waals surface area contributed by atoms with E-state index >= 15 is 0 Å². The predicted octanol–water partition coefficient (Wildman–Crippen LogP) is 2.98. The fourth-order valence-corrected chi connectivity index (χ4v) is 3.94. The van der Waals surface area contributed by atoms with E-state index in [0.29, 0.717) is 5.69 Å². The number of carboxylic acids is 1. The summed E-state index contributed by atoms with van der Waals surface area (Å²) in [6, 6.07) is 21.6. The van der Waals surface area contributed by atoms with Crippen molar-refractivity contribution < 1.29 is 29.0 Å². The van der Waals surface area contributed by atoms with Gasteiger partial charge in [-0.05, 0) is 46.5 Å². The van der Waals surface area contributed by atoms with Gasteiger partial charge in [0.25, 0.3) is 0 Å². The van der Waals surface area contributed by atoms with Gasteiger partial charge in [0, 0.05) is 11.6 Å². The zero-order valence-electron chi connectivity index (χ0n) is 18.6. The molecule has 9 heteroatoms. The standard InChI is InChI=1S/C26H23N3O6/c30-23(27-14-24(31)29-17-11-9-16(10-12-17)25(32)33)13-28-26(34)35-15-22-20-7-3-1-5-18(20)19-6-2-4-8-21(19)22/h1-12,22H,13-15H2,(H,27,30)(H,28,34)(H,29,31)(H,32,33). The zero-order valence-corrected chi connectivity index (χ0v) is 18.6. The number of hydrogen-bond donors (Lipinski definition) is 4. The van der Waals surface area contributed by atoms with E-state index in [-0.39, 0.29) is 31.2 Å². The molecule has 178 valence electrons. The predicted molar refractivity (Wildman–Crippen MR) is 128 cm³/mol. The molecule has 0 bridgehead atoms.